The molecule has 1 aliphatic rings. The van der Waals surface area contributed by atoms with E-state index < -0.39 is 0 Å². The van der Waals surface area contributed by atoms with Crippen LogP contribution >= 0.6 is 0 Å². The van der Waals surface area contributed by atoms with Gasteiger partial charge in [-0.3, -0.25) is 0 Å². The predicted octanol–water partition coefficient (Wildman–Crippen LogP) is -0.0154. The molecule has 0 saturated carbocycles. The van der Waals surface area contributed by atoms with E-state index in [0.717, 1.165) is 0 Å². The first-order valence-electron chi connectivity index (χ1n) is 2.41. The Labute approximate surface area is 51.0 Å². The summed E-state index contributed by atoms with van der Waals surface area (Å²) in [5.41, 5.74) is 5.97. The molecule has 0 fully saturated rings. The topological polar surface area (TPSA) is 61.1 Å². The molecular formula is C4H3N4O. The SMILES string of the molecule is c1cnc2c(n1)[N]ON2. The molecule has 0 saturated heterocycles. The van der Waals surface area contributed by atoms with Crippen LogP contribution < -0.4 is 11.0 Å². The molecule has 0 aromatic carbocycles. The van der Waals surface area contributed by atoms with Crippen LogP contribution in [0.1, 0.15) is 0 Å². The zero-order valence-corrected chi connectivity index (χ0v) is 4.40. The maximum atomic E-state index is 4.46. The van der Waals surface area contributed by atoms with Gasteiger partial charge in [-0.25, -0.2) is 15.4 Å². The number of hydrogen-bond acceptors (Lipinski definition) is 4. The van der Waals surface area contributed by atoms with Gasteiger partial charge in [0.2, 0.25) is 5.82 Å². The first kappa shape index (κ1) is 4.51. The van der Waals surface area contributed by atoms with Crippen LogP contribution in [0.2, 0.25) is 0 Å². The van der Waals surface area contributed by atoms with Gasteiger partial charge >= 0.3 is 0 Å². The predicted molar refractivity (Wildman–Crippen MR) is 28.5 cm³/mol. The second kappa shape index (κ2) is 1.56. The van der Waals surface area contributed by atoms with E-state index in [-0.39, 0.29) is 0 Å². The number of nitrogens with one attached hydrogen (secondary N) is 1. The van der Waals surface area contributed by atoms with Gasteiger partial charge in [-0.05, 0) is 0 Å². The third-order valence-corrected chi connectivity index (χ3v) is 0.953. The van der Waals surface area contributed by atoms with Gasteiger partial charge in [0.1, 0.15) is 0 Å². The lowest BCUT2D eigenvalue weighted by molar-refractivity contribution is 0.138. The van der Waals surface area contributed by atoms with Crippen LogP contribution in [0.25, 0.3) is 0 Å². The Bertz CT molecular complexity index is 203. The van der Waals surface area contributed by atoms with Crippen LogP contribution in [0.3, 0.4) is 0 Å². The molecule has 1 N–H and O–H groups in total. The zero-order chi connectivity index (χ0) is 6.10. The van der Waals surface area contributed by atoms with E-state index in [9.17, 15) is 0 Å². The molecule has 0 atom stereocenters. The highest BCUT2D eigenvalue weighted by atomic mass is 16.8. The molecule has 1 aliphatic heterocycles. The Morgan fingerprint density at radius 1 is 1.33 bits per heavy atom. The fraction of sp³-hybridized carbons (Fsp3) is 0. The second-order valence-electron chi connectivity index (χ2n) is 1.51. The molecular weight excluding hydrogens is 120 g/mol. The maximum absolute atomic E-state index is 4.46. The van der Waals surface area contributed by atoms with Crippen LogP contribution in [0.5, 0.6) is 0 Å². The van der Waals surface area contributed by atoms with E-state index in [1.807, 2.05) is 0 Å². The molecule has 5 nitrogen and oxygen atoms in total. The van der Waals surface area contributed by atoms with Crippen molar-refractivity contribution in [1.29, 1.82) is 0 Å². The minimum absolute atomic E-state index is 0.498. The summed E-state index contributed by atoms with van der Waals surface area (Å²) in [5.74, 6) is 1.06. The van der Waals surface area contributed by atoms with E-state index in [4.69, 9.17) is 0 Å². The summed E-state index contributed by atoms with van der Waals surface area (Å²) in [5, 5.41) is 0. The van der Waals surface area contributed by atoms with Crippen molar-refractivity contribution in [3.8, 4) is 0 Å². The molecule has 0 unspecified atom stereocenters. The third kappa shape index (κ3) is 0.584. The molecule has 5 heteroatoms. The Morgan fingerprint density at radius 3 is 3.11 bits per heavy atom. The average Bonchev–Trinajstić information content (AvgIpc) is 2.33. The molecule has 0 bridgehead atoms. The van der Waals surface area contributed by atoms with Crippen LogP contribution in [0, 0.1) is 0 Å². The van der Waals surface area contributed by atoms with E-state index in [0.29, 0.717) is 11.6 Å². The second-order valence-corrected chi connectivity index (χ2v) is 1.51. The molecule has 1 radical (unpaired) electrons. The summed E-state index contributed by atoms with van der Waals surface area (Å²) in [6.07, 6.45) is 3.12. The van der Waals surface area contributed by atoms with E-state index >= 15 is 0 Å². The largest absolute Gasteiger partial charge is 0.232 e. The molecule has 9 heavy (non-hydrogen) atoms. The standard InChI is InChI=1S/C4H3N4O/c1-2-6-4-3(5-1)7-9-8-4/h1-2H,(H,5,7). The van der Waals surface area contributed by atoms with Crippen molar-refractivity contribution in [1.82, 2.24) is 15.4 Å². The van der Waals surface area contributed by atoms with Crippen molar-refractivity contribution in [2.45, 2.75) is 0 Å². The fourth-order valence-corrected chi connectivity index (χ4v) is 0.579. The number of hydrogen-bond donors (Lipinski definition) is 1. The lowest BCUT2D eigenvalue weighted by atomic mass is 10.6. The van der Waals surface area contributed by atoms with Crippen molar-refractivity contribution in [3.05, 3.63) is 12.4 Å². The molecule has 45 valence electrons. The van der Waals surface area contributed by atoms with Crippen LogP contribution in [-0.4, -0.2) is 9.97 Å². The smallest absolute Gasteiger partial charge is 0.226 e. The average molecular weight is 123 g/mol. The quantitative estimate of drug-likeness (QED) is 0.526. The lowest BCUT2D eigenvalue weighted by Gasteiger charge is -1.86. The number of fused-ring (bicyclic) bond motifs is 1. The molecule has 0 aliphatic carbocycles. The van der Waals surface area contributed by atoms with E-state index in [2.05, 4.69) is 25.9 Å². The number of aromatic nitrogens is 2. The molecule has 0 amide bonds. The Hall–Kier alpha value is -1.36. The van der Waals surface area contributed by atoms with Gasteiger partial charge < -0.3 is 0 Å². The third-order valence-electron chi connectivity index (χ3n) is 0.953. The Balaban J connectivity index is 2.54. The molecule has 1 aromatic rings. The molecule has 2 rings (SSSR count). The minimum Gasteiger partial charge on any atom is -0.232 e. The summed E-state index contributed by atoms with van der Waals surface area (Å²) < 4.78 is 0. The molecule has 2 heterocycles. The van der Waals surface area contributed by atoms with Gasteiger partial charge in [-0.15, -0.1) is 4.94 Å². The van der Waals surface area contributed by atoms with Crippen molar-refractivity contribution in [2.75, 3.05) is 5.48 Å². The summed E-state index contributed by atoms with van der Waals surface area (Å²) in [4.78, 5) is 12.2. The van der Waals surface area contributed by atoms with Crippen molar-refractivity contribution in [3.63, 3.8) is 0 Å². The van der Waals surface area contributed by atoms with E-state index in [1.54, 1.807) is 12.4 Å². The first-order chi connectivity index (χ1) is 4.47. The Morgan fingerprint density at radius 2 is 2.22 bits per heavy atom. The highest BCUT2D eigenvalue weighted by molar-refractivity contribution is 5.53. The first-order valence-corrected chi connectivity index (χ1v) is 2.41. The minimum atomic E-state index is 0.498. The van der Waals surface area contributed by atoms with Gasteiger partial charge in [0.05, 0.1) is 0 Å². The highest BCUT2D eigenvalue weighted by Crippen LogP contribution is 2.18. The monoisotopic (exact) mass is 123 g/mol. The summed E-state index contributed by atoms with van der Waals surface area (Å²) in [7, 11) is 0. The van der Waals surface area contributed by atoms with Gasteiger partial charge in [0, 0.05) is 12.4 Å². The van der Waals surface area contributed by atoms with Crippen molar-refractivity contribution < 1.29 is 4.94 Å². The summed E-state index contributed by atoms with van der Waals surface area (Å²) >= 11 is 0. The Kier molecular flexibility index (Phi) is 0.782. The number of nitrogens with zero attached hydrogens (tertiary/aromatic N) is 3. The van der Waals surface area contributed by atoms with Gasteiger partial charge in [0.15, 0.2) is 5.82 Å². The highest BCUT2D eigenvalue weighted by Gasteiger charge is 2.13. The molecule has 0 spiro atoms. The van der Waals surface area contributed by atoms with E-state index in [1.165, 1.54) is 0 Å². The van der Waals surface area contributed by atoms with Gasteiger partial charge in [-0.1, -0.05) is 5.48 Å². The summed E-state index contributed by atoms with van der Waals surface area (Å²) in [6, 6.07) is 0. The van der Waals surface area contributed by atoms with Gasteiger partial charge in [0.25, 0.3) is 0 Å². The normalized spacial score (nSPS) is 13.8. The van der Waals surface area contributed by atoms with Crippen LogP contribution in [0.15, 0.2) is 12.4 Å². The maximum Gasteiger partial charge on any atom is 0.226 e. The van der Waals surface area contributed by atoms with Crippen molar-refractivity contribution in [2.24, 2.45) is 0 Å². The number of anilines is 1. The number of rotatable bonds is 0. The van der Waals surface area contributed by atoms with Gasteiger partial charge in [-0.2, -0.15) is 0 Å². The van der Waals surface area contributed by atoms with Crippen molar-refractivity contribution >= 4 is 11.6 Å². The lowest BCUT2D eigenvalue weighted by Crippen LogP contribution is -1.94. The summed E-state index contributed by atoms with van der Waals surface area (Å²) in [6.45, 7) is 0. The van der Waals surface area contributed by atoms with Crippen LogP contribution in [0.4, 0.5) is 11.6 Å². The fourth-order valence-electron chi connectivity index (χ4n) is 0.579. The molecule has 1 aromatic heterocycles. The van der Waals surface area contributed by atoms with Crippen LogP contribution in [-0.2, 0) is 4.94 Å². The zero-order valence-electron chi connectivity index (χ0n) is 4.40.